The Hall–Kier alpha value is -1.43. The average Bonchev–Trinajstić information content (AvgIpc) is 3.09. The van der Waals surface area contributed by atoms with Crippen LogP contribution in [-0.4, -0.2) is 46.1 Å². The number of unbranched alkanes of at least 4 members (excludes halogenated alkanes) is 23. The number of allylic oxidation sites excluding steroid dienone is 6. The zero-order valence-electron chi connectivity index (χ0n) is 31.9. The van der Waals surface area contributed by atoms with Gasteiger partial charge < -0.3 is 20.6 Å². The molecule has 0 aromatic heterocycles. The first-order valence-electron chi connectivity index (χ1n) is 20.8. The van der Waals surface area contributed by atoms with Crippen LogP contribution in [0.5, 0.6) is 0 Å². The first kappa shape index (κ1) is 46.6. The van der Waals surface area contributed by atoms with E-state index in [9.17, 15) is 20.1 Å². The van der Waals surface area contributed by atoms with Crippen LogP contribution in [0.25, 0.3) is 0 Å². The molecule has 5 nitrogen and oxygen atoms in total. The number of carbonyl (C=O) groups excluding carboxylic acids is 1. The molecule has 0 aliphatic rings. The Balaban J connectivity index is 3.71. The SMILES string of the molecule is CCCCC/C=C\C/C=C\CCCCCCCCCC(=O)NC(CO)C(O)C(O)CCC/C=C/CCCCCCCCCCCCCC. The van der Waals surface area contributed by atoms with Crippen molar-refractivity contribution in [2.75, 3.05) is 6.61 Å². The highest BCUT2D eigenvalue weighted by Gasteiger charge is 2.26. The van der Waals surface area contributed by atoms with Crippen molar-refractivity contribution >= 4 is 5.91 Å². The second-order valence-corrected chi connectivity index (χ2v) is 14.2. The second-order valence-electron chi connectivity index (χ2n) is 14.2. The zero-order chi connectivity index (χ0) is 35.2. The number of rotatable bonds is 37. The summed E-state index contributed by atoms with van der Waals surface area (Å²) in [6.45, 7) is 4.13. The maximum atomic E-state index is 12.4. The van der Waals surface area contributed by atoms with Gasteiger partial charge in [0.1, 0.15) is 6.10 Å². The Labute approximate surface area is 298 Å². The summed E-state index contributed by atoms with van der Waals surface area (Å²) in [6.07, 6.45) is 46.7. The van der Waals surface area contributed by atoms with Gasteiger partial charge in [-0.2, -0.15) is 0 Å². The summed E-state index contributed by atoms with van der Waals surface area (Å²) in [6, 6.07) is -0.829. The maximum absolute atomic E-state index is 12.4. The Morgan fingerprint density at radius 1 is 0.521 bits per heavy atom. The van der Waals surface area contributed by atoms with Crippen molar-refractivity contribution < 1.29 is 20.1 Å². The van der Waals surface area contributed by atoms with Crippen LogP contribution in [0.4, 0.5) is 0 Å². The second kappa shape index (κ2) is 38.4. The summed E-state index contributed by atoms with van der Waals surface area (Å²) in [4.78, 5) is 12.4. The topological polar surface area (TPSA) is 89.8 Å². The number of aliphatic hydroxyl groups excluding tert-OH is 3. The number of amides is 1. The van der Waals surface area contributed by atoms with Crippen molar-refractivity contribution in [2.45, 2.75) is 225 Å². The molecule has 0 fully saturated rings. The van der Waals surface area contributed by atoms with Gasteiger partial charge >= 0.3 is 0 Å². The number of carbonyl (C=O) groups is 1. The number of hydrogen-bond donors (Lipinski definition) is 4. The van der Waals surface area contributed by atoms with Crippen LogP contribution < -0.4 is 5.32 Å². The molecule has 0 saturated heterocycles. The van der Waals surface area contributed by atoms with Crippen molar-refractivity contribution in [1.29, 1.82) is 0 Å². The van der Waals surface area contributed by atoms with Gasteiger partial charge in [0.25, 0.3) is 0 Å². The summed E-state index contributed by atoms with van der Waals surface area (Å²) in [7, 11) is 0. The lowest BCUT2D eigenvalue weighted by atomic mass is 10.0. The molecule has 0 saturated carbocycles. The van der Waals surface area contributed by atoms with Crippen LogP contribution in [0.1, 0.15) is 206 Å². The molecule has 0 heterocycles. The lowest BCUT2D eigenvalue weighted by Crippen LogP contribution is -2.50. The summed E-state index contributed by atoms with van der Waals surface area (Å²) in [5.41, 5.74) is 0. The molecular weight excluding hydrogens is 594 g/mol. The number of hydrogen-bond acceptors (Lipinski definition) is 4. The Kier molecular flexibility index (Phi) is 37.2. The predicted molar refractivity (Wildman–Crippen MR) is 208 cm³/mol. The van der Waals surface area contributed by atoms with Crippen LogP contribution in [0, 0.1) is 0 Å². The number of nitrogens with one attached hydrogen (secondary N) is 1. The highest BCUT2D eigenvalue weighted by molar-refractivity contribution is 5.76. The molecule has 0 aliphatic heterocycles. The molecule has 1 amide bonds. The van der Waals surface area contributed by atoms with Crippen LogP contribution in [0.15, 0.2) is 36.5 Å². The van der Waals surface area contributed by atoms with Crippen LogP contribution in [0.3, 0.4) is 0 Å². The highest BCUT2D eigenvalue weighted by Crippen LogP contribution is 2.14. The van der Waals surface area contributed by atoms with E-state index in [2.05, 4.69) is 55.6 Å². The average molecular weight is 676 g/mol. The molecule has 3 unspecified atom stereocenters. The van der Waals surface area contributed by atoms with Gasteiger partial charge in [0.15, 0.2) is 0 Å². The van der Waals surface area contributed by atoms with E-state index in [0.717, 1.165) is 51.4 Å². The predicted octanol–water partition coefficient (Wildman–Crippen LogP) is 11.6. The highest BCUT2D eigenvalue weighted by atomic mass is 16.3. The third kappa shape index (κ3) is 33.1. The van der Waals surface area contributed by atoms with Gasteiger partial charge in [0.05, 0.1) is 18.8 Å². The molecule has 0 aromatic rings. The molecule has 4 N–H and O–H groups in total. The third-order valence-corrected chi connectivity index (χ3v) is 9.47. The summed E-state index contributed by atoms with van der Waals surface area (Å²) in [5.74, 6) is -0.163. The van der Waals surface area contributed by atoms with Crippen molar-refractivity contribution in [3.8, 4) is 0 Å². The summed E-state index contributed by atoms with van der Waals surface area (Å²) >= 11 is 0. The molecule has 0 rings (SSSR count). The van der Waals surface area contributed by atoms with E-state index in [1.54, 1.807) is 0 Å². The molecule has 5 heteroatoms. The van der Waals surface area contributed by atoms with Gasteiger partial charge in [0.2, 0.25) is 5.91 Å². The van der Waals surface area contributed by atoms with E-state index in [4.69, 9.17) is 0 Å². The first-order valence-corrected chi connectivity index (χ1v) is 20.8. The maximum Gasteiger partial charge on any atom is 0.220 e. The molecule has 48 heavy (non-hydrogen) atoms. The molecule has 3 atom stereocenters. The van der Waals surface area contributed by atoms with E-state index < -0.39 is 18.2 Å². The standard InChI is InChI=1S/C43H81NO4/c1-3-5-7-9-11-13-15-17-19-21-23-25-27-29-31-33-35-37-41(46)43(48)40(39-45)44-42(47)38-36-34-32-30-28-26-24-22-20-18-16-14-12-10-8-6-4-2/h12,14,18,20,29,31,40-41,43,45-46,48H,3-11,13,15-17,19,21-28,30,32-39H2,1-2H3,(H,44,47)/b14-12-,20-18-,31-29+. The fourth-order valence-corrected chi connectivity index (χ4v) is 6.19. The molecule has 0 bridgehead atoms. The van der Waals surface area contributed by atoms with Gasteiger partial charge in [-0.1, -0.05) is 166 Å². The van der Waals surface area contributed by atoms with Gasteiger partial charge in [-0.15, -0.1) is 0 Å². The van der Waals surface area contributed by atoms with Crippen LogP contribution in [0.2, 0.25) is 0 Å². The summed E-state index contributed by atoms with van der Waals surface area (Å²) < 4.78 is 0. The lowest BCUT2D eigenvalue weighted by Gasteiger charge is -2.26. The molecule has 0 radical (unpaired) electrons. The monoisotopic (exact) mass is 676 g/mol. The van der Waals surface area contributed by atoms with Gasteiger partial charge in [-0.05, 0) is 70.6 Å². The fraction of sp³-hybridized carbons (Fsp3) is 0.837. The van der Waals surface area contributed by atoms with Crippen molar-refractivity contribution in [1.82, 2.24) is 5.32 Å². The van der Waals surface area contributed by atoms with Crippen molar-refractivity contribution in [3.05, 3.63) is 36.5 Å². The normalized spacial score (nSPS) is 14.0. The van der Waals surface area contributed by atoms with E-state index in [0.29, 0.717) is 12.8 Å². The number of aliphatic hydroxyl groups is 3. The van der Waals surface area contributed by atoms with Crippen molar-refractivity contribution in [3.63, 3.8) is 0 Å². The smallest absolute Gasteiger partial charge is 0.220 e. The van der Waals surface area contributed by atoms with E-state index in [1.807, 2.05) is 0 Å². The molecule has 0 aromatic carbocycles. The lowest BCUT2D eigenvalue weighted by molar-refractivity contribution is -0.124. The molecule has 282 valence electrons. The van der Waals surface area contributed by atoms with Gasteiger partial charge in [-0.3, -0.25) is 4.79 Å². The molecular formula is C43H81NO4. The quantitative estimate of drug-likeness (QED) is 0.0390. The third-order valence-electron chi connectivity index (χ3n) is 9.47. The first-order chi connectivity index (χ1) is 23.6. The minimum atomic E-state index is -1.16. The van der Waals surface area contributed by atoms with E-state index in [1.165, 1.54) is 128 Å². The minimum Gasteiger partial charge on any atom is -0.394 e. The fourth-order valence-electron chi connectivity index (χ4n) is 6.19. The van der Waals surface area contributed by atoms with Crippen molar-refractivity contribution in [2.24, 2.45) is 0 Å². The van der Waals surface area contributed by atoms with Gasteiger partial charge in [0, 0.05) is 6.42 Å². The Morgan fingerprint density at radius 3 is 1.38 bits per heavy atom. The van der Waals surface area contributed by atoms with E-state index >= 15 is 0 Å². The van der Waals surface area contributed by atoms with Gasteiger partial charge in [-0.25, -0.2) is 0 Å². The minimum absolute atomic E-state index is 0.163. The zero-order valence-corrected chi connectivity index (χ0v) is 31.9. The van der Waals surface area contributed by atoms with E-state index in [-0.39, 0.29) is 12.5 Å². The largest absolute Gasteiger partial charge is 0.394 e. The van der Waals surface area contributed by atoms with Crippen LogP contribution in [-0.2, 0) is 4.79 Å². The summed E-state index contributed by atoms with van der Waals surface area (Å²) in [5, 5.41) is 33.4. The Bertz CT molecular complexity index is 749. The molecule has 0 spiro atoms. The Morgan fingerprint density at radius 2 is 0.896 bits per heavy atom. The molecule has 0 aliphatic carbocycles. The van der Waals surface area contributed by atoms with Crippen LogP contribution >= 0.6 is 0 Å².